The molecule has 3 aromatic carbocycles. The Morgan fingerprint density at radius 2 is 1.58 bits per heavy atom. The highest BCUT2D eigenvalue weighted by molar-refractivity contribution is 7.92. The number of imidazole rings is 1. The summed E-state index contributed by atoms with van der Waals surface area (Å²) in [5.74, 6) is 1.01. The molecular formula is C28H33N5O2S. The first-order chi connectivity index (χ1) is 17.4. The second kappa shape index (κ2) is 10.4. The van der Waals surface area contributed by atoms with Gasteiger partial charge in [-0.25, -0.2) is 13.4 Å². The number of nitrogens with one attached hydrogen (secondary N) is 1. The lowest BCUT2D eigenvalue weighted by molar-refractivity contribution is 0.127. The molecule has 0 aliphatic carbocycles. The summed E-state index contributed by atoms with van der Waals surface area (Å²) in [7, 11) is -1.62. The molecule has 0 saturated carbocycles. The van der Waals surface area contributed by atoms with E-state index < -0.39 is 10.0 Å². The van der Waals surface area contributed by atoms with E-state index in [9.17, 15) is 8.42 Å². The van der Waals surface area contributed by atoms with E-state index in [1.54, 1.807) is 30.3 Å². The second-order valence-corrected chi connectivity index (χ2v) is 11.2. The summed E-state index contributed by atoms with van der Waals surface area (Å²) in [6, 6.07) is 23.0. The van der Waals surface area contributed by atoms with Crippen molar-refractivity contribution >= 4 is 26.7 Å². The van der Waals surface area contributed by atoms with Crippen LogP contribution in [0.2, 0.25) is 0 Å². The van der Waals surface area contributed by atoms with Gasteiger partial charge in [0.15, 0.2) is 0 Å². The number of benzene rings is 3. The number of rotatable bonds is 8. The van der Waals surface area contributed by atoms with Crippen LogP contribution in [0.15, 0.2) is 77.7 Å². The van der Waals surface area contributed by atoms with Crippen molar-refractivity contribution in [2.45, 2.75) is 24.8 Å². The molecule has 2 heterocycles. The quantitative estimate of drug-likeness (QED) is 0.393. The fourth-order valence-electron chi connectivity index (χ4n) is 4.74. The average Bonchev–Trinajstić information content (AvgIpc) is 3.19. The maximum Gasteiger partial charge on any atom is 0.261 e. The van der Waals surface area contributed by atoms with Gasteiger partial charge in [-0.3, -0.25) is 9.62 Å². The van der Waals surface area contributed by atoms with E-state index in [1.807, 2.05) is 26.1 Å². The summed E-state index contributed by atoms with van der Waals surface area (Å²) in [5, 5.41) is 0. The van der Waals surface area contributed by atoms with Gasteiger partial charge in [-0.15, -0.1) is 0 Å². The van der Waals surface area contributed by atoms with Crippen molar-refractivity contribution in [3.63, 3.8) is 0 Å². The molecule has 188 valence electrons. The number of anilines is 1. The van der Waals surface area contributed by atoms with Gasteiger partial charge in [0.25, 0.3) is 10.0 Å². The van der Waals surface area contributed by atoms with E-state index in [2.05, 4.69) is 49.4 Å². The van der Waals surface area contributed by atoms with E-state index in [0.29, 0.717) is 5.69 Å². The van der Waals surface area contributed by atoms with Crippen molar-refractivity contribution in [1.82, 2.24) is 19.4 Å². The van der Waals surface area contributed by atoms with Gasteiger partial charge >= 0.3 is 0 Å². The fraction of sp³-hybridized carbons (Fsp3) is 0.321. The molecule has 0 bridgehead atoms. The van der Waals surface area contributed by atoms with Gasteiger partial charge in [0.2, 0.25) is 0 Å². The normalized spacial score (nSPS) is 15.4. The van der Waals surface area contributed by atoms with Crippen LogP contribution >= 0.6 is 0 Å². The zero-order valence-corrected chi connectivity index (χ0v) is 21.7. The SMILES string of the molecule is Cc1ccc(S(=O)(=O)Nc2ccc3c(c2)nc(CCN2CCN(Cc4ccccc4)CC2)n3C)cc1. The molecule has 36 heavy (non-hydrogen) atoms. The Kier molecular flexibility index (Phi) is 7.09. The third-order valence-corrected chi connectivity index (χ3v) is 8.32. The number of aromatic nitrogens is 2. The summed E-state index contributed by atoms with van der Waals surface area (Å²) in [4.78, 5) is 10.1. The summed E-state index contributed by atoms with van der Waals surface area (Å²) in [5.41, 5.74) is 4.69. The van der Waals surface area contributed by atoms with Gasteiger partial charge < -0.3 is 9.47 Å². The lowest BCUT2D eigenvalue weighted by atomic mass is 10.2. The predicted molar refractivity (Wildman–Crippen MR) is 145 cm³/mol. The van der Waals surface area contributed by atoms with Gasteiger partial charge in [-0.2, -0.15) is 0 Å². The average molecular weight is 504 g/mol. The van der Waals surface area contributed by atoms with Crippen molar-refractivity contribution in [1.29, 1.82) is 0 Å². The monoisotopic (exact) mass is 503 g/mol. The molecule has 5 rings (SSSR count). The van der Waals surface area contributed by atoms with Crippen molar-refractivity contribution in [2.75, 3.05) is 37.4 Å². The van der Waals surface area contributed by atoms with Crippen LogP contribution in [0, 0.1) is 6.92 Å². The predicted octanol–water partition coefficient (Wildman–Crippen LogP) is 4.04. The largest absolute Gasteiger partial charge is 0.331 e. The Bertz CT molecular complexity index is 1420. The zero-order chi connectivity index (χ0) is 25.1. The minimum Gasteiger partial charge on any atom is -0.331 e. The number of fused-ring (bicyclic) bond motifs is 1. The van der Waals surface area contributed by atoms with Crippen molar-refractivity contribution in [3.8, 4) is 0 Å². The number of piperazine rings is 1. The first-order valence-corrected chi connectivity index (χ1v) is 13.9. The third-order valence-electron chi connectivity index (χ3n) is 6.92. The molecule has 0 atom stereocenters. The van der Waals surface area contributed by atoms with E-state index in [0.717, 1.165) is 68.1 Å². The van der Waals surface area contributed by atoms with E-state index >= 15 is 0 Å². The Morgan fingerprint density at radius 3 is 2.31 bits per heavy atom. The van der Waals surface area contributed by atoms with E-state index in [4.69, 9.17) is 4.98 Å². The second-order valence-electron chi connectivity index (χ2n) is 9.56. The number of hydrogen-bond donors (Lipinski definition) is 1. The number of hydrogen-bond acceptors (Lipinski definition) is 5. The van der Waals surface area contributed by atoms with Crippen LogP contribution in [0.25, 0.3) is 11.0 Å². The molecular weight excluding hydrogens is 470 g/mol. The first kappa shape index (κ1) is 24.5. The van der Waals surface area contributed by atoms with Gasteiger partial charge in [0.1, 0.15) is 5.82 Å². The van der Waals surface area contributed by atoms with Crippen molar-refractivity contribution in [3.05, 3.63) is 89.7 Å². The molecule has 8 heteroatoms. The molecule has 1 aliphatic heterocycles. The Hall–Kier alpha value is -3.20. The molecule has 1 fully saturated rings. The van der Waals surface area contributed by atoms with Gasteiger partial charge in [0.05, 0.1) is 21.6 Å². The first-order valence-electron chi connectivity index (χ1n) is 12.4. The highest BCUT2D eigenvalue weighted by Gasteiger charge is 2.19. The summed E-state index contributed by atoms with van der Waals surface area (Å²) in [6.07, 6.45) is 0.855. The molecule has 0 amide bonds. The van der Waals surface area contributed by atoms with Crippen LogP contribution in [-0.2, 0) is 30.0 Å². The number of sulfonamides is 1. The Balaban J connectivity index is 1.19. The smallest absolute Gasteiger partial charge is 0.261 e. The maximum atomic E-state index is 12.8. The summed E-state index contributed by atoms with van der Waals surface area (Å²) in [6.45, 7) is 8.16. The maximum absolute atomic E-state index is 12.8. The number of aryl methyl sites for hydroxylation is 2. The molecule has 1 saturated heterocycles. The highest BCUT2D eigenvalue weighted by atomic mass is 32.2. The van der Waals surface area contributed by atoms with Gasteiger partial charge in [0, 0.05) is 52.7 Å². The molecule has 1 N–H and O–H groups in total. The molecule has 0 unspecified atom stereocenters. The molecule has 1 aliphatic rings. The molecule has 0 spiro atoms. The fourth-order valence-corrected chi connectivity index (χ4v) is 5.79. The standard InChI is InChI=1S/C28H33N5O2S/c1-22-8-11-25(12-9-22)36(34,35)30-24-10-13-27-26(20-24)29-28(31(27)2)14-15-32-16-18-33(19-17-32)21-23-6-4-3-5-7-23/h3-13,20,30H,14-19,21H2,1-2H3. The lowest BCUT2D eigenvalue weighted by Gasteiger charge is -2.34. The summed E-state index contributed by atoms with van der Waals surface area (Å²) >= 11 is 0. The Labute approximate surface area is 213 Å². The van der Waals surface area contributed by atoms with E-state index in [-0.39, 0.29) is 4.90 Å². The van der Waals surface area contributed by atoms with Crippen LogP contribution in [0.4, 0.5) is 5.69 Å². The van der Waals surface area contributed by atoms with Crippen molar-refractivity contribution < 1.29 is 8.42 Å². The topological polar surface area (TPSA) is 70.5 Å². The molecule has 7 nitrogen and oxygen atoms in total. The number of nitrogens with zero attached hydrogens (tertiary/aromatic N) is 4. The highest BCUT2D eigenvalue weighted by Crippen LogP contribution is 2.23. The minimum absolute atomic E-state index is 0.249. The van der Waals surface area contributed by atoms with Crippen LogP contribution in [0.3, 0.4) is 0 Å². The molecule has 4 aromatic rings. The van der Waals surface area contributed by atoms with Crippen LogP contribution < -0.4 is 4.72 Å². The van der Waals surface area contributed by atoms with Crippen molar-refractivity contribution in [2.24, 2.45) is 7.05 Å². The zero-order valence-electron chi connectivity index (χ0n) is 20.9. The third kappa shape index (κ3) is 5.61. The Morgan fingerprint density at radius 1 is 0.889 bits per heavy atom. The molecule has 0 radical (unpaired) electrons. The van der Waals surface area contributed by atoms with E-state index in [1.165, 1.54) is 5.56 Å². The summed E-state index contributed by atoms with van der Waals surface area (Å²) < 4.78 is 30.4. The van der Waals surface area contributed by atoms with Crippen LogP contribution in [-0.4, -0.2) is 60.5 Å². The minimum atomic E-state index is -3.65. The molecule has 1 aromatic heterocycles. The van der Waals surface area contributed by atoms with Gasteiger partial charge in [-0.05, 0) is 42.8 Å². The van der Waals surface area contributed by atoms with Crippen LogP contribution in [0.1, 0.15) is 17.0 Å². The van der Waals surface area contributed by atoms with Gasteiger partial charge in [-0.1, -0.05) is 48.0 Å². The van der Waals surface area contributed by atoms with Crippen LogP contribution in [0.5, 0.6) is 0 Å². The lowest BCUT2D eigenvalue weighted by Crippen LogP contribution is -2.46.